The van der Waals surface area contributed by atoms with E-state index in [-0.39, 0.29) is 6.61 Å². The van der Waals surface area contributed by atoms with Crippen molar-refractivity contribution in [2.45, 2.75) is 39.2 Å². The number of aliphatic hydroxyl groups excluding tert-OH is 1. The van der Waals surface area contributed by atoms with E-state index >= 15 is 0 Å². The van der Waals surface area contributed by atoms with Crippen molar-refractivity contribution in [1.29, 1.82) is 0 Å². The molecule has 0 amide bonds. The van der Waals surface area contributed by atoms with Gasteiger partial charge >= 0.3 is 0 Å². The highest BCUT2D eigenvalue weighted by Gasteiger charge is 2.24. The topological polar surface area (TPSA) is 93.3 Å². The standard InChI is InChI=1S/C15H26N4O2/c1-2-21-10-15-18-13(16)7-14(19-15)17-8-11-5-3-4-6-12(11)9-20/h7,11-12,20H,2-6,8-10H2,1H3,(H3,16,17,18,19). The van der Waals surface area contributed by atoms with Crippen LogP contribution in [0, 0.1) is 11.8 Å². The highest BCUT2D eigenvalue weighted by atomic mass is 16.5. The third-order valence-corrected chi connectivity index (χ3v) is 4.07. The first-order valence-corrected chi connectivity index (χ1v) is 7.78. The molecular weight excluding hydrogens is 268 g/mol. The zero-order valence-electron chi connectivity index (χ0n) is 12.7. The van der Waals surface area contributed by atoms with Crippen LogP contribution in [-0.4, -0.2) is 34.8 Å². The van der Waals surface area contributed by atoms with Crippen LogP contribution in [0.25, 0.3) is 0 Å². The van der Waals surface area contributed by atoms with Gasteiger partial charge in [0, 0.05) is 25.8 Å². The number of nitrogens with zero attached hydrogens (tertiary/aromatic N) is 2. The zero-order chi connectivity index (χ0) is 15.1. The van der Waals surface area contributed by atoms with Crippen molar-refractivity contribution in [2.24, 2.45) is 11.8 Å². The van der Waals surface area contributed by atoms with Gasteiger partial charge in [0.15, 0.2) is 5.82 Å². The summed E-state index contributed by atoms with van der Waals surface area (Å²) in [6.07, 6.45) is 4.74. The monoisotopic (exact) mass is 294 g/mol. The minimum atomic E-state index is 0.272. The molecule has 1 aromatic rings. The second-order valence-electron chi connectivity index (χ2n) is 5.60. The molecule has 0 saturated heterocycles. The van der Waals surface area contributed by atoms with Crippen LogP contribution < -0.4 is 11.1 Å². The molecule has 1 heterocycles. The number of hydrogen-bond donors (Lipinski definition) is 3. The van der Waals surface area contributed by atoms with Gasteiger partial charge in [-0.15, -0.1) is 0 Å². The Morgan fingerprint density at radius 3 is 2.81 bits per heavy atom. The van der Waals surface area contributed by atoms with Gasteiger partial charge in [-0.1, -0.05) is 12.8 Å². The van der Waals surface area contributed by atoms with Crippen molar-refractivity contribution >= 4 is 11.6 Å². The smallest absolute Gasteiger partial charge is 0.158 e. The number of anilines is 2. The number of aliphatic hydroxyl groups is 1. The summed E-state index contributed by atoms with van der Waals surface area (Å²) in [6.45, 7) is 4.02. The molecule has 0 bridgehead atoms. The van der Waals surface area contributed by atoms with Gasteiger partial charge in [0.25, 0.3) is 0 Å². The maximum absolute atomic E-state index is 9.45. The van der Waals surface area contributed by atoms with E-state index in [1.807, 2.05) is 6.92 Å². The van der Waals surface area contributed by atoms with Gasteiger partial charge in [0.05, 0.1) is 0 Å². The number of nitrogens with two attached hydrogens (primary N) is 1. The fourth-order valence-electron chi connectivity index (χ4n) is 2.90. The van der Waals surface area contributed by atoms with E-state index in [0.29, 0.717) is 36.7 Å². The minimum Gasteiger partial charge on any atom is -0.396 e. The molecule has 1 saturated carbocycles. The van der Waals surface area contributed by atoms with Crippen LogP contribution in [0.15, 0.2) is 6.07 Å². The van der Waals surface area contributed by atoms with Crippen LogP contribution >= 0.6 is 0 Å². The number of nitrogen functional groups attached to an aromatic ring is 1. The molecule has 2 unspecified atom stereocenters. The van der Waals surface area contributed by atoms with Gasteiger partial charge in [-0.2, -0.15) is 0 Å². The maximum atomic E-state index is 9.45. The molecule has 1 aliphatic carbocycles. The van der Waals surface area contributed by atoms with Gasteiger partial charge in [-0.05, 0) is 31.6 Å². The zero-order valence-corrected chi connectivity index (χ0v) is 12.7. The second-order valence-corrected chi connectivity index (χ2v) is 5.60. The van der Waals surface area contributed by atoms with E-state index < -0.39 is 0 Å². The molecular formula is C15H26N4O2. The fourth-order valence-corrected chi connectivity index (χ4v) is 2.90. The summed E-state index contributed by atoms with van der Waals surface area (Å²) in [4.78, 5) is 8.58. The van der Waals surface area contributed by atoms with E-state index in [0.717, 1.165) is 25.2 Å². The average molecular weight is 294 g/mol. The molecule has 21 heavy (non-hydrogen) atoms. The number of rotatable bonds is 7. The van der Waals surface area contributed by atoms with Crippen LogP contribution in [0.4, 0.5) is 11.6 Å². The van der Waals surface area contributed by atoms with Gasteiger partial charge in [0.1, 0.15) is 18.2 Å². The fraction of sp³-hybridized carbons (Fsp3) is 0.733. The van der Waals surface area contributed by atoms with Crippen molar-refractivity contribution < 1.29 is 9.84 Å². The lowest BCUT2D eigenvalue weighted by Gasteiger charge is -2.30. The molecule has 0 aromatic carbocycles. The molecule has 6 nitrogen and oxygen atoms in total. The summed E-state index contributed by atoms with van der Waals surface area (Å²) in [7, 11) is 0. The lowest BCUT2D eigenvalue weighted by molar-refractivity contribution is 0.128. The third-order valence-electron chi connectivity index (χ3n) is 4.07. The third kappa shape index (κ3) is 4.82. The van der Waals surface area contributed by atoms with Crippen molar-refractivity contribution in [3.8, 4) is 0 Å². The molecule has 1 aromatic heterocycles. The Hall–Kier alpha value is -1.40. The largest absolute Gasteiger partial charge is 0.396 e. The summed E-state index contributed by atoms with van der Waals surface area (Å²) in [5.74, 6) is 2.68. The average Bonchev–Trinajstić information content (AvgIpc) is 2.50. The maximum Gasteiger partial charge on any atom is 0.158 e. The van der Waals surface area contributed by atoms with Crippen molar-refractivity contribution in [3.63, 3.8) is 0 Å². The predicted octanol–water partition coefficient (Wildman–Crippen LogP) is 1.81. The number of aromatic nitrogens is 2. The summed E-state index contributed by atoms with van der Waals surface area (Å²) in [6, 6.07) is 1.74. The van der Waals surface area contributed by atoms with Crippen LogP contribution in [0.2, 0.25) is 0 Å². The summed E-state index contributed by atoms with van der Waals surface area (Å²) >= 11 is 0. The predicted molar refractivity (Wildman–Crippen MR) is 82.8 cm³/mol. The Balaban J connectivity index is 1.93. The quantitative estimate of drug-likeness (QED) is 0.710. The molecule has 6 heteroatoms. The molecule has 0 aliphatic heterocycles. The highest BCUT2D eigenvalue weighted by molar-refractivity contribution is 5.44. The van der Waals surface area contributed by atoms with E-state index in [2.05, 4.69) is 15.3 Å². The second kappa shape index (κ2) is 8.14. The summed E-state index contributed by atoms with van der Waals surface area (Å²) < 4.78 is 5.32. The van der Waals surface area contributed by atoms with Crippen LogP contribution in [-0.2, 0) is 11.3 Å². The first-order chi connectivity index (χ1) is 10.2. The van der Waals surface area contributed by atoms with E-state index in [1.54, 1.807) is 6.07 Å². The Kier molecular flexibility index (Phi) is 6.20. The number of hydrogen-bond acceptors (Lipinski definition) is 6. The van der Waals surface area contributed by atoms with Gasteiger partial charge in [-0.25, -0.2) is 9.97 Å². The molecule has 0 radical (unpaired) electrons. The van der Waals surface area contributed by atoms with Gasteiger partial charge in [0.2, 0.25) is 0 Å². The summed E-state index contributed by atoms with van der Waals surface area (Å²) in [5.41, 5.74) is 5.81. The van der Waals surface area contributed by atoms with Crippen LogP contribution in [0.1, 0.15) is 38.4 Å². The molecule has 2 atom stereocenters. The highest BCUT2D eigenvalue weighted by Crippen LogP contribution is 2.29. The first kappa shape index (κ1) is 16.0. The lowest BCUT2D eigenvalue weighted by atomic mass is 9.79. The van der Waals surface area contributed by atoms with Crippen LogP contribution in [0.5, 0.6) is 0 Å². The minimum absolute atomic E-state index is 0.272. The Bertz CT molecular complexity index is 442. The molecule has 4 N–H and O–H groups in total. The Morgan fingerprint density at radius 2 is 2.10 bits per heavy atom. The van der Waals surface area contributed by atoms with Gasteiger partial charge in [-0.3, -0.25) is 0 Å². The SMILES string of the molecule is CCOCc1nc(N)cc(NCC2CCCCC2CO)n1. The number of nitrogens with one attached hydrogen (secondary N) is 1. The molecule has 2 rings (SSSR count). The van der Waals surface area contributed by atoms with E-state index in [1.165, 1.54) is 12.8 Å². The first-order valence-electron chi connectivity index (χ1n) is 7.78. The molecule has 1 fully saturated rings. The Morgan fingerprint density at radius 1 is 1.33 bits per heavy atom. The number of ether oxygens (including phenoxy) is 1. The van der Waals surface area contributed by atoms with E-state index in [4.69, 9.17) is 10.5 Å². The molecule has 0 spiro atoms. The summed E-state index contributed by atoms with van der Waals surface area (Å²) in [5, 5.41) is 12.8. The van der Waals surface area contributed by atoms with Crippen molar-refractivity contribution in [2.75, 3.05) is 30.8 Å². The molecule has 118 valence electrons. The van der Waals surface area contributed by atoms with Gasteiger partial charge < -0.3 is 20.9 Å². The van der Waals surface area contributed by atoms with Crippen LogP contribution in [0.3, 0.4) is 0 Å². The van der Waals surface area contributed by atoms with E-state index in [9.17, 15) is 5.11 Å². The molecule has 1 aliphatic rings. The van der Waals surface area contributed by atoms with Crippen molar-refractivity contribution in [3.05, 3.63) is 11.9 Å². The lowest BCUT2D eigenvalue weighted by Crippen LogP contribution is -2.29. The normalized spacial score (nSPS) is 22.2. The van der Waals surface area contributed by atoms with Crippen molar-refractivity contribution in [1.82, 2.24) is 9.97 Å². The Labute approximate surface area is 126 Å².